The number of aromatic nitrogens is 4. The SMILES string of the molecule is Cc1nc(C(C)(C)COC(=O)c2nc(C(C)(C)C)cn2C2CCCC2)cn1CC1CCCC1. The molecule has 0 aliphatic heterocycles. The van der Waals surface area contributed by atoms with Crippen molar-refractivity contribution in [2.75, 3.05) is 6.61 Å². The van der Waals surface area contributed by atoms with E-state index in [1.807, 2.05) is 0 Å². The molecule has 0 aromatic carbocycles. The molecular weight excluding hydrogens is 412 g/mol. The molecule has 182 valence electrons. The third-order valence-corrected chi connectivity index (χ3v) is 7.56. The summed E-state index contributed by atoms with van der Waals surface area (Å²) >= 11 is 0. The van der Waals surface area contributed by atoms with Gasteiger partial charge in [0.15, 0.2) is 0 Å². The first-order chi connectivity index (χ1) is 15.5. The van der Waals surface area contributed by atoms with Crippen molar-refractivity contribution >= 4 is 5.97 Å². The van der Waals surface area contributed by atoms with Crippen molar-refractivity contribution in [2.24, 2.45) is 5.92 Å². The van der Waals surface area contributed by atoms with E-state index >= 15 is 0 Å². The Balaban J connectivity index is 1.47. The van der Waals surface area contributed by atoms with Crippen LogP contribution in [0.15, 0.2) is 12.4 Å². The van der Waals surface area contributed by atoms with Crippen LogP contribution in [0, 0.1) is 12.8 Å². The predicted octanol–water partition coefficient (Wildman–Crippen LogP) is 6.13. The van der Waals surface area contributed by atoms with Crippen molar-refractivity contribution < 1.29 is 9.53 Å². The molecule has 2 saturated carbocycles. The van der Waals surface area contributed by atoms with Gasteiger partial charge in [0.1, 0.15) is 12.4 Å². The molecule has 2 fully saturated rings. The van der Waals surface area contributed by atoms with Crippen molar-refractivity contribution in [3.05, 3.63) is 35.4 Å². The fraction of sp³-hybridized carbons (Fsp3) is 0.741. The first-order valence-corrected chi connectivity index (χ1v) is 12.9. The number of rotatable bonds is 7. The Hall–Kier alpha value is -2.11. The lowest BCUT2D eigenvalue weighted by atomic mass is 9.91. The number of hydrogen-bond donors (Lipinski definition) is 0. The van der Waals surface area contributed by atoms with Crippen LogP contribution in [-0.2, 0) is 22.1 Å². The van der Waals surface area contributed by atoms with Crippen LogP contribution >= 0.6 is 0 Å². The zero-order valence-corrected chi connectivity index (χ0v) is 21.5. The average molecular weight is 455 g/mol. The molecule has 2 aromatic rings. The number of nitrogens with zero attached hydrogens (tertiary/aromatic N) is 4. The second-order valence-corrected chi connectivity index (χ2v) is 12.0. The van der Waals surface area contributed by atoms with E-state index in [2.05, 4.69) is 63.1 Å². The Kier molecular flexibility index (Phi) is 6.75. The normalized spacial score (nSPS) is 18.4. The highest BCUT2D eigenvalue weighted by Gasteiger charge is 2.31. The van der Waals surface area contributed by atoms with Gasteiger partial charge in [-0.1, -0.05) is 60.3 Å². The van der Waals surface area contributed by atoms with E-state index in [0.29, 0.717) is 11.9 Å². The van der Waals surface area contributed by atoms with Crippen molar-refractivity contribution in [3.8, 4) is 0 Å². The van der Waals surface area contributed by atoms with Crippen LogP contribution in [0.25, 0.3) is 0 Å². The van der Waals surface area contributed by atoms with Gasteiger partial charge < -0.3 is 13.9 Å². The van der Waals surface area contributed by atoms with Gasteiger partial charge in [-0.3, -0.25) is 0 Å². The molecule has 0 atom stereocenters. The highest BCUT2D eigenvalue weighted by Crippen LogP contribution is 2.33. The van der Waals surface area contributed by atoms with Gasteiger partial charge in [-0.05, 0) is 38.5 Å². The Morgan fingerprint density at radius 2 is 1.61 bits per heavy atom. The molecule has 2 aromatic heterocycles. The lowest BCUT2D eigenvalue weighted by Crippen LogP contribution is -2.28. The van der Waals surface area contributed by atoms with Crippen LogP contribution < -0.4 is 0 Å². The maximum atomic E-state index is 13.2. The molecule has 2 heterocycles. The summed E-state index contributed by atoms with van der Waals surface area (Å²) in [7, 11) is 0. The lowest BCUT2D eigenvalue weighted by molar-refractivity contribution is 0.0401. The van der Waals surface area contributed by atoms with Gasteiger partial charge in [0.25, 0.3) is 0 Å². The van der Waals surface area contributed by atoms with Crippen molar-refractivity contribution in [3.63, 3.8) is 0 Å². The summed E-state index contributed by atoms with van der Waals surface area (Å²) in [4.78, 5) is 22.8. The van der Waals surface area contributed by atoms with Crippen LogP contribution in [0.1, 0.15) is 120 Å². The largest absolute Gasteiger partial charge is 0.459 e. The second kappa shape index (κ2) is 9.27. The fourth-order valence-electron chi connectivity index (χ4n) is 5.24. The maximum Gasteiger partial charge on any atom is 0.374 e. The molecule has 33 heavy (non-hydrogen) atoms. The van der Waals surface area contributed by atoms with Crippen LogP contribution in [-0.4, -0.2) is 31.7 Å². The summed E-state index contributed by atoms with van der Waals surface area (Å²) in [6, 6.07) is 0.345. The highest BCUT2D eigenvalue weighted by molar-refractivity contribution is 5.85. The smallest absolute Gasteiger partial charge is 0.374 e. The number of ether oxygens (including phenoxy) is 1. The Morgan fingerprint density at radius 1 is 0.970 bits per heavy atom. The minimum absolute atomic E-state index is 0.109. The zero-order chi connectivity index (χ0) is 23.8. The summed E-state index contributed by atoms with van der Waals surface area (Å²) in [5.74, 6) is 1.93. The molecule has 0 saturated heterocycles. The molecule has 0 spiro atoms. The van der Waals surface area contributed by atoms with Gasteiger partial charge in [0, 0.05) is 35.8 Å². The quantitative estimate of drug-likeness (QED) is 0.473. The molecule has 2 aliphatic carbocycles. The summed E-state index contributed by atoms with van der Waals surface area (Å²) in [6.07, 6.45) is 14.2. The summed E-state index contributed by atoms with van der Waals surface area (Å²) in [5, 5.41) is 0. The number of carbonyl (C=O) groups is 1. The molecule has 2 aliphatic rings. The van der Waals surface area contributed by atoms with Crippen LogP contribution in [0.2, 0.25) is 0 Å². The van der Waals surface area contributed by atoms with E-state index in [9.17, 15) is 4.79 Å². The van der Waals surface area contributed by atoms with Gasteiger partial charge in [-0.15, -0.1) is 0 Å². The summed E-state index contributed by atoms with van der Waals surface area (Å²) < 4.78 is 10.3. The topological polar surface area (TPSA) is 61.9 Å². The van der Waals surface area contributed by atoms with Gasteiger partial charge >= 0.3 is 5.97 Å². The summed E-state index contributed by atoms with van der Waals surface area (Å²) in [6.45, 7) is 14.0. The maximum absolute atomic E-state index is 13.2. The molecule has 0 amide bonds. The molecule has 0 N–H and O–H groups in total. The van der Waals surface area contributed by atoms with Gasteiger partial charge in [0.05, 0.1) is 11.4 Å². The van der Waals surface area contributed by atoms with Crippen molar-refractivity contribution in [1.82, 2.24) is 19.1 Å². The Bertz CT molecular complexity index is 967. The number of hydrogen-bond acceptors (Lipinski definition) is 4. The number of carbonyl (C=O) groups excluding carboxylic acids is 1. The second-order valence-electron chi connectivity index (χ2n) is 12.0. The van der Waals surface area contributed by atoms with E-state index < -0.39 is 0 Å². The first kappa shape index (κ1) is 24.0. The van der Waals surface area contributed by atoms with Crippen molar-refractivity contribution in [2.45, 2.75) is 116 Å². The van der Waals surface area contributed by atoms with E-state index in [0.717, 1.165) is 42.5 Å². The number of esters is 1. The van der Waals surface area contributed by atoms with Gasteiger partial charge in [0.2, 0.25) is 5.82 Å². The minimum atomic E-state index is -0.362. The average Bonchev–Trinajstić information content (AvgIpc) is 3.52. The monoisotopic (exact) mass is 454 g/mol. The highest BCUT2D eigenvalue weighted by atomic mass is 16.5. The van der Waals surface area contributed by atoms with E-state index in [1.54, 1.807) is 0 Å². The molecule has 6 nitrogen and oxygen atoms in total. The minimum Gasteiger partial charge on any atom is -0.459 e. The standard InChI is InChI=1S/C27H42N4O2/c1-19-28-23(16-30(19)15-20-11-7-8-12-20)27(5,6)18-33-25(32)24-29-22(26(2,3)4)17-31(24)21-13-9-10-14-21/h16-17,20-21H,7-15,18H2,1-6H3. The Morgan fingerprint density at radius 3 is 2.24 bits per heavy atom. The predicted molar refractivity (Wildman–Crippen MR) is 131 cm³/mol. The molecule has 0 radical (unpaired) electrons. The molecule has 4 rings (SSSR count). The van der Waals surface area contributed by atoms with E-state index in [1.165, 1.54) is 38.5 Å². The fourth-order valence-corrected chi connectivity index (χ4v) is 5.24. The van der Waals surface area contributed by atoms with Gasteiger partial charge in [-0.25, -0.2) is 14.8 Å². The summed E-state index contributed by atoms with van der Waals surface area (Å²) in [5.41, 5.74) is 1.46. The van der Waals surface area contributed by atoms with E-state index in [-0.39, 0.29) is 23.4 Å². The Labute approximate surface area is 199 Å². The molecule has 0 unspecified atom stereocenters. The molecular formula is C27H42N4O2. The zero-order valence-electron chi connectivity index (χ0n) is 21.5. The van der Waals surface area contributed by atoms with Crippen molar-refractivity contribution in [1.29, 1.82) is 0 Å². The third-order valence-electron chi connectivity index (χ3n) is 7.56. The molecule has 6 heteroatoms. The number of aryl methyl sites for hydroxylation is 1. The van der Waals surface area contributed by atoms with E-state index in [4.69, 9.17) is 14.7 Å². The lowest BCUT2D eigenvalue weighted by Gasteiger charge is -2.22. The first-order valence-electron chi connectivity index (χ1n) is 12.9. The van der Waals surface area contributed by atoms with Crippen LogP contribution in [0.3, 0.4) is 0 Å². The van der Waals surface area contributed by atoms with Crippen LogP contribution in [0.4, 0.5) is 0 Å². The van der Waals surface area contributed by atoms with Crippen LogP contribution in [0.5, 0.6) is 0 Å². The number of imidazole rings is 2. The molecule has 0 bridgehead atoms. The van der Waals surface area contributed by atoms with Gasteiger partial charge in [-0.2, -0.15) is 0 Å². The third kappa shape index (κ3) is 5.36.